The van der Waals surface area contributed by atoms with Gasteiger partial charge in [-0.15, -0.1) is 0 Å². The predicted octanol–water partition coefficient (Wildman–Crippen LogP) is 7.67. The lowest BCUT2D eigenvalue weighted by Crippen LogP contribution is -2.49. The number of aliphatic hydroxyl groups excluding tert-OH is 1. The molecule has 0 saturated heterocycles. The van der Waals surface area contributed by atoms with E-state index < -0.39 is 0 Å². The summed E-state index contributed by atoms with van der Waals surface area (Å²) in [6.45, 7) is 14.4. The predicted molar refractivity (Wildman–Crippen MR) is 129 cm³/mol. The summed E-state index contributed by atoms with van der Waals surface area (Å²) in [5.74, 6) is 4.64. The van der Waals surface area contributed by atoms with E-state index in [0.29, 0.717) is 52.9 Å². The highest BCUT2D eigenvalue weighted by atomic mass is 16.2. The number of Topliss-reactive ketones (excluding diaryl/α,β-unsaturated/α-hetero) is 1. The molecule has 4 aliphatic carbocycles. The zero-order valence-electron chi connectivity index (χ0n) is 20.7. The van der Waals surface area contributed by atoms with Crippen molar-refractivity contribution in [2.24, 2.45) is 52.3 Å². The Hall–Kier alpha value is -1.31. The molecule has 172 valence electrons. The molecule has 31 heavy (non-hydrogen) atoms. The van der Waals surface area contributed by atoms with Crippen molar-refractivity contribution in [3.05, 3.63) is 35.6 Å². The van der Waals surface area contributed by atoms with Gasteiger partial charge in [-0.2, -0.15) is 0 Å². The van der Waals surface area contributed by atoms with Gasteiger partial charge in [-0.1, -0.05) is 65.3 Å². The average Bonchev–Trinajstić information content (AvgIpc) is 3.09. The van der Waals surface area contributed by atoms with E-state index in [0.717, 1.165) is 25.0 Å². The van der Waals surface area contributed by atoms with Crippen LogP contribution in [0.15, 0.2) is 35.6 Å². The van der Waals surface area contributed by atoms with E-state index in [9.17, 15) is 9.90 Å². The van der Waals surface area contributed by atoms with Crippen LogP contribution < -0.4 is 0 Å². The highest BCUT2D eigenvalue weighted by Gasteiger charge is 2.58. The highest BCUT2D eigenvalue weighted by molar-refractivity contribution is 5.96. The second-order valence-corrected chi connectivity index (χ2v) is 12.3. The first-order valence-corrected chi connectivity index (χ1v) is 12.9. The van der Waals surface area contributed by atoms with Gasteiger partial charge in [0.2, 0.25) is 0 Å². The molecule has 0 amide bonds. The molecule has 0 aliphatic heterocycles. The summed E-state index contributed by atoms with van der Waals surface area (Å²) in [4.78, 5) is 12.4. The molecule has 1 N–H and O–H groups in total. The zero-order chi connectivity index (χ0) is 22.6. The Morgan fingerprint density at radius 1 is 1.03 bits per heavy atom. The number of hydrogen-bond acceptors (Lipinski definition) is 2. The molecule has 8 atom stereocenters. The van der Waals surface area contributed by atoms with E-state index in [2.05, 4.69) is 59.8 Å². The SMILES string of the molecule is CC(C)[C@@H](C)/C=C/[C@@H](C)[C@@H]1CC[C@@H]2C3=CC[C@@H]4CC(=O)/C(=C\O)C[C@]4(C)[C@H]3CC[C@]21C. The van der Waals surface area contributed by atoms with Crippen LogP contribution in [0.4, 0.5) is 0 Å². The molecule has 0 unspecified atom stereocenters. The van der Waals surface area contributed by atoms with E-state index in [1.165, 1.54) is 25.7 Å². The molecule has 3 fully saturated rings. The van der Waals surface area contributed by atoms with Crippen LogP contribution in [-0.2, 0) is 4.79 Å². The first-order valence-electron chi connectivity index (χ1n) is 12.9. The Bertz CT molecular complexity index is 802. The van der Waals surface area contributed by atoms with Crippen molar-refractivity contribution in [2.75, 3.05) is 0 Å². The number of aliphatic hydroxyl groups is 1. The van der Waals surface area contributed by atoms with Crippen molar-refractivity contribution in [1.82, 2.24) is 0 Å². The van der Waals surface area contributed by atoms with Gasteiger partial charge in [0, 0.05) is 12.0 Å². The van der Waals surface area contributed by atoms with Crippen molar-refractivity contribution in [3.8, 4) is 0 Å². The lowest BCUT2D eigenvalue weighted by Gasteiger charge is -2.57. The Morgan fingerprint density at radius 2 is 1.74 bits per heavy atom. The molecule has 0 bridgehead atoms. The van der Waals surface area contributed by atoms with Gasteiger partial charge in [0.05, 0.1) is 6.26 Å². The molecule has 0 aromatic rings. The van der Waals surface area contributed by atoms with Crippen molar-refractivity contribution in [2.45, 2.75) is 86.5 Å². The van der Waals surface area contributed by atoms with Crippen LogP contribution in [0.25, 0.3) is 0 Å². The number of ketones is 1. The second-order valence-electron chi connectivity index (χ2n) is 12.3. The maximum atomic E-state index is 12.4. The summed E-state index contributed by atoms with van der Waals surface area (Å²) < 4.78 is 0. The molecule has 0 radical (unpaired) electrons. The third-order valence-corrected chi connectivity index (χ3v) is 10.5. The molecular formula is C29H44O2. The Balaban J connectivity index is 1.57. The molecule has 4 rings (SSSR count). The summed E-state index contributed by atoms with van der Waals surface area (Å²) in [5.41, 5.74) is 2.91. The Labute approximate surface area is 190 Å². The Kier molecular flexibility index (Phi) is 6.07. The summed E-state index contributed by atoms with van der Waals surface area (Å²) in [6, 6.07) is 0. The van der Waals surface area contributed by atoms with Gasteiger partial charge in [0.1, 0.15) is 0 Å². The summed E-state index contributed by atoms with van der Waals surface area (Å²) in [6.07, 6.45) is 16.3. The smallest absolute Gasteiger partial charge is 0.162 e. The van der Waals surface area contributed by atoms with E-state index in [-0.39, 0.29) is 11.2 Å². The number of fused-ring (bicyclic) bond motifs is 5. The molecular weight excluding hydrogens is 380 g/mol. The molecule has 0 aromatic heterocycles. The second kappa shape index (κ2) is 8.23. The quantitative estimate of drug-likeness (QED) is 0.285. The first-order chi connectivity index (χ1) is 14.6. The minimum Gasteiger partial charge on any atom is -0.515 e. The van der Waals surface area contributed by atoms with Gasteiger partial charge < -0.3 is 5.11 Å². The highest BCUT2D eigenvalue weighted by Crippen LogP contribution is 2.66. The van der Waals surface area contributed by atoms with Gasteiger partial charge in [0.25, 0.3) is 0 Å². The van der Waals surface area contributed by atoms with Crippen LogP contribution in [0.2, 0.25) is 0 Å². The largest absolute Gasteiger partial charge is 0.515 e. The van der Waals surface area contributed by atoms with E-state index >= 15 is 0 Å². The van der Waals surface area contributed by atoms with E-state index in [1.807, 2.05) is 0 Å². The minimum absolute atomic E-state index is 0.129. The molecule has 0 spiro atoms. The third-order valence-electron chi connectivity index (χ3n) is 10.5. The fourth-order valence-corrected chi connectivity index (χ4v) is 8.00. The summed E-state index contributed by atoms with van der Waals surface area (Å²) >= 11 is 0. The molecule has 3 saturated carbocycles. The fourth-order valence-electron chi connectivity index (χ4n) is 8.00. The third kappa shape index (κ3) is 3.66. The zero-order valence-corrected chi connectivity index (χ0v) is 20.7. The standard InChI is InChI=1S/C29H44O2/c1-18(2)19(3)7-8-20(4)24-11-12-25-23-10-9-22-15-27(31)21(17-30)16-29(22,6)26(23)13-14-28(24,25)5/h7-8,10,17-20,22,24-26,30H,9,11-16H2,1-6H3/b8-7+,21-17-/t19-,20+,22+,24-,25+,26-,28-,29-/m0/s1. The fraction of sp³-hybridized carbons (Fsp3) is 0.759. The van der Waals surface area contributed by atoms with Crippen molar-refractivity contribution >= 4 is 5.78 Å². The Morgan fingerprint density at radius 3 is 2.42 bits per heavy atom. The van der Waals surface area contributed by atoms with Gasteiger partial charge in [0.15, 0.2) is 5.78 Å². The van der Waals surface area contributed by atoms with E-state index in [1.54, 1.807) is 5.57 Å². The number of rotatable bonds is 4. The van der Waals surface area contributed by atoms with Crippen molar-refractivity contribution in [1.29, 1.82) is 0 Å². The van der Waals surface area contributed by atoms with Crippen LogP contribution in [0, 0.1) is 52.3 Å². The number of carbonyl (C=O) groups is 1. The van der Waals surface area contributed by atoms with Crippen LogP contribution in [0.5, 0.6) is 0 Å². The molecule has 4 aliphatic rings. The van der Waals surface area contributed by atoms with Crippen LogP contribution in [0.3, 0.4) is 0 Å². The average molecular weight is 425 g/mol. The monoisotopic (exact) mass is 424 g/mol. The van der Waals surface area contributed by atoms with Crippen LogP contribution in [0.1, 0.15) is 86.5 Å². The van der Waals surface area contributed by atoms with E-state index in [4.69, 9.17) is 0 Å². The molecule has 2 heteroatoms. The van der Waals surface area contributed by atoms with Crippen molar-refractivity contribution in [3.63, 3.8) is 0 Å². The van der Waals surface area contributed by atoms with Gasteiger partial charge >= 0.3 is 0 Å². The minimum atomic E-state index is 0.129. The van der Waals surface area contributed by atoms with Crippen molar-refractivity contribution < 1.29 is 9.90 Å². The maximum Gasteiger partial charge on any atom is 0.162 e. The summed E-state index contributed by atoms with van der Waals surface area (Å²) in [5, 5.41) is 9.67. The molecule has 0 aromatic carbocycles. The number of hydrogen-bond donors (Lipinski definition) is 1. The lowest BCUT2D eigenvalue weighted by atomic mass is 9.47. The number of allylic oxidation sites excluding steroid dienone is 5. The van der Waals surface area contributed by atoms with Gasteiger partial charge in [-0.25, -0.2) is 0 Å². The molecule has 2 nitrogen and oxygen atoms in total. The van der Waals surface area contributed by atoms with Crippen LogP contribution in [-0.4, -0.2) is 10.9 Å². The lowest BCUT2D eigenvalue weighted by molar-refractivity contribution is -0.121. The first kappa shape index (κ1) is 22.9. The maximum absolute atomic E-state index is 12.4. The summed E-state index contributed by atoms with van der Waals surface area (Å²) in [7, 11) is 0. The topological polar surface area (TPSA) is 37.3 Å². The normalized spacial score (nSPS) is 43.5. The van der Waals surface area contributed by atoms with Gasteiger partial charge in [-0.3, -0.25) is 4.79 Å². The van der Waals surface area contributed by atoms with Gasteiger partial charge in [-0.05, 0) is 90.8 Å². The molecule has 0 heterocycles. The van der Waals surface area contributed by atoms with Crippen LogP contribution >= 0.6 is 0 Å². The number of carbonyl (C=O) groups excluding carboxylic acids is 1.